The second-order valence-electron chi connectivity index (χ2n) is 7.06. The second kappa shape index (κ2) is 7.54. The van der Waals surface area contributed by atoms with Gasteiger partial charge in [-0.3, -0.25) is 0 Å². The number of carbonyl (C=O) groups is 1. The highest BCUT2D eigenvalue weighted by Crippen LogP contribution is 2.31. The Morgan fingerprint density at radius 3 is 2.61 bits per heavy atom. The molecule has 0 saturated carbocycles. The standard InChI is InChI=1S/C18H27ClN2O2/c1-5-20-16(13-6-8-15(19)9-7-13)14-10-11-21(12-14)17(22)23-18(2,3)4/h6-9,14,16,20H,5,10-12H2,1-4H3. The van der Waals surface area contributed by atoms with Crippen molar-refractivity contribution in [3.8, 4) is 0 Å². The largest absolute Gasteiger partial charge is 0.444 e. The Hall–Kier alpha value is -1.26. The summed E-state index contributed by atoms with van der Waals surface area (Å²) < 4.78 is 5.48. The van der Waals surface area contributed by atoms with Gasteiger partial charge in [0.05, 0.1) is 0 Å². The third-order valence-electron chi connectivity index (χ3n) is 4.00. The van der Waals surface area contributed by atoms with Gasteiger partial charge in [0.15, 0.2) is 0 Å². The minimum absolute atomic E-state index is 0.216. The molecule has 1 N–H and O–H groups in total. The lowest BCUT2D eigenvalue weighted by Crippen LogP contribution is -2.36. The number of likely N-dealkylation sites (tertiary alicyclic amines) is 1. The Morgan fingerprint density at radius 2 is 2.04 bits per heavy atom. The summed E-state index contributed by atoms with van der Waals surface area (Å²) in [5, 5.41) is 4.29. The summed E-state index contributed by atoms with van der Waals surface area (Å²) in [7, 11) is 0. The fourth-order valence-corrected chi connectivity index (χ4v) is 3.12. The van der Waals surface area contributed by atoms with Crippen molar-refractivity contribution in [1.29, 1.82) is 0 Å². The summed E-state index contributed by atoms with van der Waals surface area (Å²) >= 11 is 5.99. The number of carbonyl (C=O) groups excluding carboxylic acids is 1. The maximum atomic E-state index is 12.2. The van der Waals surface area contributed by atoms with Gasteiger partial charge in [0.1, 0.15) is 5.60 Å². The van der Waals surface area contributed by atoms with E-state index >= 15 is 0 Å². The van der Waals surface area contributed by atoms with Crippen molar-refractivity contribution in [1.82, 2.24) is 10.2 Å². The molecule has 1 fully saturated rings. The van der Waals surface area contributed by atoms with Gasteiger partial charge in [-0.05, 0) is 57.4 Å². The molecule has 1 aromatic carbocycles. The highest BCUT2D eigenvalue weighted by molar-refractivity contribution is 6.30. The molecule has 1 aliphatic rings. The van der Waals surface area contributed by atoms with E-state index in [4.69, 9.17) is 16.3 Å². The molecule has 128 valence electrons. The van der Waals surface area contributed by atoms with Crippen LogP contribution in [0.5, 0.6) is 0 Å². The van der Waals surface area contributed by atoms with Crippen molar-refractivity contribution in [2.75, 3.05) is 19.6 Å². The molecule has 1 amide bonds. The molecular weight excluding hydrogens is 312 g/mol. The first kappa shape index (κ1) is 18.1. The summed E-state index contributed by atoms with van der Waals surface area (Å²) in [5.41, 5.74) is 0.763. The molecule has 0 spiro atoms. The van der Waals surface area contributed by atoms with Gasteiger partial charge in [0.2, 0.25) is 0 Å². The molecule has 4 nitrogen and oxygen atoms in total. The number of nitrogens with zero attached hydrogens (tertiary/aromatic N) is 1. The molecule has 1 aliphatic heterocycles. The Balaban J connectivity index is 2.04. The first-order valence-corrected chi connectivity index (χ1v) is 8.64. The van der Waals surface area contributed by atoms with Gasteiger partial charge < -0.3 is 15.0 Å². The summed E-state index contributed by atoms with van der Waals surface area (Å²) in [6, 6.07) is 8.19. The molecule has 23 heavy (non-hydrogen) atoms. The molecule has 0 aliphatic carbocycles. The molecule has 2 unspecified atom stereocenters. The van der Waals surface area contributed by atoms with Gasteiger partial charge in [0, 0.05) is 24.2 Å². The summed E-state index contributed by atoms with van der Waals surface area (Å²) in [6.45, 7) is 10.1. The number of hydrogen-bond donors (Lipinski definition) is 1. The number of halogens is 1. The van der Waals surface area contributed by atoms with Crippen LogP contribution >= 0.6 is 11.6 Å². The topological polar surface area (TPSA) is 41.6 Å². The first-order valence-electron chi connectivity index (χ1n) is 8.27. The summed E-state index contributed by atoms with van der Waals surface area (Å²) in [4.78, 5) is 14.0. The Bertz CT molecular complexity index is 525. The summed E-state index contributed by atoms with van der Waals surface area (Å²) in [5.74, 6) is 0.378. The SMILES string of the molecule is CCNC(c1ccc(Cl)cc1)C1CCN(C(=O)OC(C)(C)C)C1. The van der Waals surface area contributed by atoms with E-state index in [-0.39, 0.29) is 12.1 Å². The molecule has 2 rings (SSSR count). The van der Waals surface area contributed by atoms with Gasteiger partial charge in [-0.2, -0.15) is 0 Å². The number of ether oxygens (including phenoxy) is 1. The fourth-order valence-electron chi connectivity index (χ4n) is 3.00. The smallest absolute Gasteiger partial charge is 0.410 e. The Morgan fingerprint density at radius 1 is 1.39 bits per heavy atom. The predicted molar refractivity (Wildman–Crippen MR) is 93.8 cm³/mol. The van der Waals surface area contributed by atoms with Crippen LogP contribution in [0.2, 0.25) is 5.02 Å². The summed E-state index contributed by atoms with van der Waals surface area (Å²) in [6.07, 6.45) is 0.755. The van der Waals surface area contributed by atoms with E-state index in [0.717, 1.165) is 31.1 Å². The normalized spacial score (nSPS) is 19.7. The second-order valence-corrected chi connectivity index (χ2v) is 7.50. The van der Waals surface area contributed by atoms with Crippen LogP contribution in [0.3, 0.4) is 0 Å². The van der Waals surface area contributed by atoms with Gasteiger partial charge in [-0.25, -0.2) is 4.79 Å². The molecule has 0 bridgehead atoms. The minimum Gasteiger partial charge on any atom is -0.444 e. The Labute approximate surface area is 144 Å². The maximum Gasteiger partial charge on any atom is 0.410 e. The molecule has 1 aromatic rings. The average molecular weight is 339 g/mol. The van der Waals surface area contributed by atoms with Crippen molar-refractivity contribution < 1.29 is 9.53 Å². The van der Waals surface area contributed by atoms with Crippen molar-refractivity contribution >= 4 is 17.7 Å². The zero-order valence-electron chi connectivity index (χ0n) is 14.4. The van der Waals surface area contributed by atoms with E-state index in [1.165, 1.54) is 5.56 Å². The van der Waals surface area contributed by atoms with Gasteiger partial charge in [-0.15, -0.1) is 0 Å². The minimum atomic E-state index is -0.452. The third kappa shape index (κ3) is 5.11. The highest BCUT2D eigenvalue weighted by atomic mass is 35.5. The Kier molecular flexibility index (Phi) is 5.93. The molecule has 1 heterocycles. The number of benzene rings is 1. The predicted octanol–water partition coefficient (Wildman–Crippen LogP) is 4.25. The lowest BCUT2D eigenvalue weighted by atomic mass is 9.92. The van der Waals surface area contributed by atoms with Crippen LogP contribution in [0, 0.1) is 5.92 Å². The van der Waals surface area contributed by atoms with E-state index in [0.29, 0.717) is 5.92 Å². The average Bonchev–Trinajstić information content (AvgIpc) is 2.94. The number of hydrogen-bond acceptors (Lipinski definition) is 3. The van der Waals surface area contributed by atoms with E-state index in [1.54, 1.807) is 0 Å². The van der Waals surface area contributed by atoms with Gasteiger partial charge >= 0.3 is 6.09 Å². The van der Waals surface area contributed by atoms with Crippen molar-refractivity contribution in [2.24, 2.45) is 5.92 Å². The molecule has 1 saturated heterocycles. The first-order chi connectivity index (χ1) is 10.8. The van der Waals surface area contributed by atoms with E-state index in [1.807, 2.05) is 37.8 Å². The molecule has 0 radical (unpaired) electrons. The van der Waals surface area contributed by atoms with Crippen LogP contribution in [0.25, 0.3) is 0 Å². The number of nitrogens with one attached hydrogen (secondary N) is 1. The van der Waals surface area contributed by atoms with Crippen LogP contribution in [0.4, 0.5) is 4.79 Å². The maximum absolute atomic E-state index is 12.2. The van der Waals surface area contributed by atoms with Crippen LogP contribution in [0.15, 0.2) is 24.3 Å². The van der Waals surface area contributed by atoms with Crippen molar-refractivity contribution in [3.63, 3.8) is 0 Å². The third-order valence-corrected chi connectivity index (χ3v) is 4.25. The van der Waals surface area contributed by atoms with Gasteiger partial charge in [0.25, 0.3) is 0 Å². The van der Waals surface area contributed by atoms with E-state index in [9.17, 15) is 4.79 Å². The molecule has 0 aromatic heterocycles. The van der Waals surface area contributed by atoms with Crippen LogP contribution < -0.4 is 5.32 Å². The number of amides is 1. The lowest BCUT2D eigenvalue weighted by Gasteiger charge is -2.27. The monoisotopic (exact) mass is 338 g/mol. The lowest BCUT2D eigenvalue weighted by molar-refractivity contribution is 0.0285. The van der Waals surface area contributed by atoms with Gasteiger partial charge in [-0.1, -0.05) is 30.7 Å². The molecular formula is C18H27ClN2O2. The van der Waals surface area contributed by atoms with E-state index < -0.39 is 5.60 Å². The van der Waals surface area contributed by atoms with Crippen LogP contribution in [-0.4, -0.2) is 36.2 Å². The highest BCUT2D eigenvalue weighted by Gasteiger charge is 2.34. The zero-order valence-corrected chi connectivity index (χ0v) is 15.2. The van der Waals surface area contributed by atoms with Crippen LogP contribution in [0.1, 0.15) is 45.7 Å². The molecule has 2 atom stereocenters. The number of rotatable bonds is 4. The fraction of sp³-hybridized carbons (Fsp3) is 0.611. The quantitative estimate of drug-likeness (QED) is 0.892. The van der Waals surface area contributed by atoms with E-state index in [2.05, 4.69) is 24.4 Å². The van der Waals surface area contributed by atoms with Crippen molar-refractivity contribution in [3.05, 3.63) is 34.9 Å². The molecule has 5 heteroatoms. The zero-order chi connectivity index (χ0) is 17.0. The van der Waals surface area contributed by atoms with Crippen molar-refractivity contribution in [2.45, 2.75) is 45.8 Å². The van der Waals surface area contributed by atoms with Crippen LogP contribution in [-0.2, 0) is 4.74 Å².